The monoisotopic (exact) mass is 420 g/mol. The van der Waals surface area contributed by atoms with E-state index in [2.05, 4.69) is 10.0 Å². The number of ether oxygens (including phenoxy) is 2. The molecule has 0 fully saturated rings. The Bertz CT molecular complexity index is 940. The van der Waals surface area contributed by atoms with Crippen molar-refractivity contribution in [2.45, 2.75) is 44.2 Å². The molecule has 7 nitrogen and oxygen atoms in total. The van der Waals surface area contributed by atoms with Crippen molar-refractivity contribution in [2.24, 2.45) is 0 Å². The van der Waals surface area contributed by atoms with E-state index in [-0.39, 0.29) is 23.1 Å². The first-order valence-electron chi connectivity index (χ1n) is 9.29. The fourth-order valence-electron chi connectivity index (χ4n) is 2.70. The largest absolute Gasteiger partial charge is 0.497 e. The van der Waals surface area contributed by atoms with Crippen molar-refractivity contribution in [2.75, 3.05) is 14.2 Å². The number of benzene rings is 2. The molecule has 2 aromatic rings. The van der Waals surface area contributed by atoms with Crippen molar-refractivity contribution in [1.29, 1.82) is 0 Å². The van der Waals surface area contributed by atoms with Crippen LogP contribution in [0.5, 0.6) is 11.5 Å². The van der Waals surface area contributed by atoms with Crippen LogP contribution in [0.25, 0.3) is 0 Å². The fraction of sp³-hybridized carbons (Fsp3) is 0.381. The fourth-order valence-corrected chi connectivity index (χ4v) is 4.10. The summed E-state index contributed by atoms with van der Waals surface area (Å²) >= 11 is 0. The van der Waals surface area contributed by atoms with E-state index in [9.17, 15) is 13.2 Å². The molecule has 1 atom stereocenters. The van der Waals surface area contributed by atoms with Crippen LogP contribution in [0, 0.1) is 0 Å². The van der Waals surface area contributed by atoms with E-state index in [1.165, 1.54) is 14.0 Å². The van der Waals surface area contributed by atoms with Gasteiger partial charge in [0.15, 0.2) is 0 Å². The van der Waals surface area contributed by atoms with Crippen molar-refractivity contribution in [1.82, 2.24) is 10.0 Å². The lowest BCUT2D eigenvalue weighted by Crippen LogP contribution is -2.44. The van der Waals surface area contributed by atoms with Crippen molar-refractivity contribution in [3.05, 3.63) is 53.6 Å². The quantitative estimate of drug-likeness (QED) is 0.651. The van der Waals surface area contributed by atoms with Crippen LogP contribution in [0.1, 0.15) is 37.8 Å². The minimum atomic E-state index is -3.95. The van der Waals surface area contributed by atoms with Crippen LogP contribution in [-0.4, -0.2) is 34.6 Å². The van der Waals surface area contributed by atoms with Gasteiger partial charge in [0.05, 0.1) is 20.3 Å². The highest BCUT2D eigenvalue weighted by Gasteiger charge is 2.25. The zero-order valence-electron chi connectivity index (χ0n) is 17.4. The molecule has 0 aliphatic carbocycles. The second kappa shape index (κ2) is 9.76. The van der Waals surface area contributed by atoms with E-state index in [1.807, 2.05) is 32.0 Å². The maximum Gasteiger partial charge on any atom is 0.244 e. The summed E-state index contributed by atoms with van der Waals surface area (Å²) < 4.78 is 38.5. The highest BCUT2D eigenvalue weighted by Crippen LogP contribution is 2.28. The highest BCUT2D eigenvalue weighted by atomic mass is 32.2. The molecule has 0 spiro atoms. The van der Waals surface area contributed by atoms with Gasteiger partial charge in [0.2, 0.25) is 15.9 Å². The van der Waals surface area contributed by atoms with Gasteiger partial charge in [0.1, 0.15) is 16.4 Å². The second-order valence-electron chi connectivity index (χ2n) is 6.97. The number of hydrogen-bond donors (Lipinski definition) is 2. The zero-order valence-corrected chi connectivity index (χ0v) is 18.2. The molecular weight excluding hydrogens is 392 g/mol. The molecule has 2 N–H and O–H groups in total. The van der Waals surface area contributed by atoms with Gasteiger partial charge in [-0.15, -0.1) is 0 Å². The van der Waals surface area contributed by atoms with Gasteiger partial charge in [-0.2, -0.15) is 4.72 Å². The summed E-state index contributed by atoms with van der Waals surface area (Å²) in [6, 6.07) is 11.3. The molecule has 2 aromatic carbocycles. The summed E-state index contributed by atoms with van der Waals surface area (Å²) in [7, 11) is -0.957. The predicted molar refractivity (Wildman–Crippen MR) is 112 cm³/mol. The number of amides is 1. The summed E-state index contributed by atoms with van der Waals surface area (Å²) in [6.07, 6.45) is 0. The number of hydrogen-bond acceptors (Lipinski definition) is 5. The Balaban J connectivity index is 2.08. The van der Waals surface area contributed by atoms with Crippen molar-refractivity contribution in [3.8, 4) is 11.5 Å². The summed E-state index contributed by atoms with van der Waals surface area (Å²) in [5, 5.41) is 2.73. The molecule has 158 valence electrons. The summed E-state index contributed by atoms with van der Waals surface area (Å²) in [4.78, 5) is 12.4. The Kier molecular flexibility index (Phi) is 7.64. The van der Waals surface area contributed by atoms with Crippen LogP contribution >= 0.6 is 0 Å². The third kappa shape index (κ3) is 5.95. The smallest absolute Gasteiger partial charge is 0.244 e. The van der Waals surface area contributed by atoms with Crippen LogP contribution in [0.2, 0.25) is 0 Å². The lowest BCUT2D eigenvalue weighted by Gasteiger charge is -2.17. The van der Waals surface area contributed by atoms with Gasteiger partial charge < -0.3 is 14.8 Å². The van der Waals surface area contributed by atoms with Gasteiger partial charge in [-0.1, -0.05) is 32.0 Å². The molecule has 1 amide bonds. The van der Waals surface area contributed by atoms with Gasteiger partial charge in [-0.3, -0.25) is 4.79 Å². The SMILES string of the molecule is COc1ccc(CNC(=O)C(C)NS(=O)(=O)c2cc(C(C)C)ccc2OC)cc1. The maximum absolute atomic E-state index is 12.9. The standard InChI is InChI=1S/C21H28N2O5S/c1-14(2)17-8-11-19(28-5)20(12-17)29(25,26)23-15(3)21(24)22-13-16-6-9-18(27-4)10-7-16/h6-12,14-15,23H,13H2,1-5H3,(H,22,24). The Hall–Kier alpha value is -2.58. The van der Waals surface area contributed by atoms with E-state index in [4.69, 9.17) is 9.47 Å². The van der Waals surface area contributed by atoms with Crippen molar-refractivity contribution >= 4 is 15.9 Å². The molecule has 1 unspecified atom stereocenters. The highest BCUT2D eigenvalue weighted by molar-refractivity contribution is 7.89. The average Bonchev–Trinajstić information content (AvgIpc) is 2.71. The lowest BCUT2D eigenvalue weighted by atomic mass is 10.0. The predicted octanol–water partition coefficient (Wildman–Crippen LogP) is 2.81. The number of methoxy groups -OCH3 is 2. The molecule has 2 rings (SSSR count). The van der Waals surface area contributed by atoms with Gasteiger partial charge in [0, 0.05) is 6.54 Å². The minimum absolute atomic E-state index is 0.0148. The number of carbonyl (C=O) groups excluding carboxylic acids is 1. The minimum Gasteiger partial charge on any atom is -0.497 e. The van der Waals surface area contributed by atoms with Crippen LogP contribution in [0.4, 0.5) is 0 Å². The van der Waals surface area contributed by atoms with Gasteiger partial charge >= 0.3 is 0 Å². The molecule has 29 heavy (non-hydrogen) atoms. The van der Waals surface area contributed by atoms with E-state index < -0.39 is 22.0 Å². The molecule has 0 radical (unpaired) electrons. The van der Waals surface area contributed by atoms with Gasteiger partial charge in [0.25, 0.3) is 0 Å². The van der Waals surface area contributed by atoms with E-state index >= 15 is 0 Å². The number of sulfonamides is 1. The molecule has 8 heteroatoms. The van der Waals surface area contributed by atoms with Gasteiger partial charge in [-0.25, -0.2) is 8.42 Å². The first-order chi connectivity index (χ1) is 13.7. The molecule has 0 saturated carbocycles. The average molecular weight is 421 g/mol. The second-order valence-corrected chi connectivity index (χ2v) is 8.66. The summed E-state index contributed by atoms with van der Waals surface area (Å²) in [6.45, 7) is 5.72. The summed E-state index contributed by atoms with van der Waals surface area (Å²) in [5.41, 5.74) is 1.74. The Labute approximate surface area is 172 Å². The van der Waals surface area contributed by atoms with E-state index in [1.54, 1.807) is 31.4 Å². The number of carbonyl (C=O) groups is 1. The van der Waals surface area contributed by atoms with Crippen LogP contribution in [-0.2, 0) is 21.4 Å². The molecule has 0 heterocycles. The maximum atomic E-state index is 12.9. The third-order valence-electron chi connectivity index (χ3n) is 4.49. The van der Waals surface area contributed by atoms with Crippen molar-refractivity contribution < 1.29 is 22.7 Å². The first-order valence-corrected chi connectivity index (χ1v) is 10.8. The van der Waals surface area contributed by atoms with E-state index in [0.717, 1.165) is 16.9 Å². The number of rotatable bonds is 9. The van der Waals surface area contributed by atoms with Crippen LogP contribution in [0.3, 0.4) is 0 Å². The molecule has 0 aromatic heterocycles. The third-order valence-corrected chi connectivity index (χ3v) is 6.06. The molecule has 0 saturated heterocycles. The van der Waals surface area contributed by atoms with E-state index in [0.29, 0.717) is 0 Å². The lowest BCUT2D eigenvalue weighted by molar-refractivity contribution is -0.122. The summed E-state index contributed by atoms with van der Waals surface area (Å²) in [5.74, 6) is 0.676. The Morgan fingerprint density at radius 1 is 1.00 bits per heavy atom. The zero-order chi connectivity index (χ0) is 21.6. The normalized spacial score (nSPS) is 12.5. The molecule has 0 aliphatic rings. The van der Waals surface area contributed by atoms with Crippen LogP contribution in [0.15, 0.2) is 47.4 Å². The number of nitrogens with one attached hydrogen (secondary N) is 2. The Morgan fingerprint density at radius 2 is 1.66 bits per heavy atom. The van der Waals surface area contributed by atoms with Crippen molar-refractivity contribution in [3.63, 3.8) is 0 Å². The van der Waals surface area contributed by atoms with Crippen LogP contribution < -0.4 is 19.5 Å². The van der Waals surface area contributed by atoms with Gasteiger partial charge in [-0.05, 0) is 48.2 Å². The molecular formula is C21H28N2O5S. The topological polar surface area (TPSA) is 93.7 Å². The molecule has 0 bridgehead atoms. The first kappa shape index (κ1) is 22.7. The Morgan fingerprint density at radius 3 is 2.21 bits per heavy atom. The molecule has 0 aliphatic heterocycles.